The van der Waals surface area contributed by atoms with Gasteiger partial charge in [-0.15, -0.1) is 0 Å². The Bertz CT molecular complexity index is 603. The third-order valence-electron chi connectivity index (χ3n) is 2.88. The average molecular weight is 348 g/mol. The molecule has 0 aromatic heterocycles. The zero-order valence-corrected chi connectivity index (χ0v) is 12.5. The summed E-state index contributed by atoms with van der Waals surface area (Å²) in [5.41, 5.74) is 6.12. The smallest absolute Gasteiger partial charge is 0.243 e. The summed E-state index contributed by atoms with van der Waals surface area (Å²) in [6, 6.07) is 4.48. The van der Waals surface area contributed by atoms with Crippen LogP contribution in [0.25, 0.3) is 0 Å². The molecule has 2 rings (SSSR count). The van der Waals surface area contributed by atoms with Crippen LogP contribution < -0.4 is 11.1 Å². The fourth-order valence-electron chi connectivity index (χ4n) is 1.80. The second-order valence-electron chi connectivity index (χ2n) is 4.19. The second-order valence-corrected chi connectivity index (χ2v) is 6.98. The first-order chi connectivity index (χ1) is 8.91. The number of nitrogen functional groups attached to an aromatic ring is 1. The molecule has 0 bridgehead atoms. The Morgan fingerprint density at radius 3 is 2.74 bits per heavy atom. The topological polar surface area (TPSA) is 92.5 Å². The van der Waals surface area contributed by atoms with Crippen molar-refractivity contribution in [3.05, 3.63) is 22.7 Å². The number of nitrogens with two attached hydrogens (primary N) is 1. The highest BCUT2D eigenvalue weighted by Crippen LogP contribution is 2.25. The molecule has 104 valence electrons. The number of anilines is 1. The van der Waals surface area contributed by atoms with Gasteiger partial charge < -0.3 is 11.1 Å². The van der Waals surface area contributed by atoms with E-state index < -0.39 is 10.0 Å². The summed E-state index contributed by atoms with van der Waals surface area (Å²) < 4.78 is 26.7. The van der Waals surface area contributed by atoms with Crippen molar-refractivity contribution in [3.63, 3.8) is 0 Å². The van der Waals surface area contributed by atoms with E-state index >= 15 is 0 Å². The van der Waals surface area contributed by atoms with Gasteiger partial charge in [0.2, 0.25) is 15.9 Å². The molecule has 0 aliphatic carbocycles. The van der Waals surface area contributed by atoms with Gasteiger partial charge in [0.05, 0.1) is 4.90 Å². The van der Waals surface area contributed by atoms with Crippen LogP contribution in [0.2, 0.25) is 0 Å². The lowest BCUT2D eigenvalue weighted by Gasteiger charge is -2.19. The monoisotopic (exact) mass is 347 g/mol. The van der Waals surface area contributed by atoms with Crippen molar-refractivity contribution in [3.8, 4) is 0 Å². The van der Waals surface area contributed by atoms with Crippen molar-refractivity contribution in [2.75, 3.05) is 25.4 Å². The predicted molar refractivity (Wildman–Crippen MR) is 74.9 cm³/mol. The molecule has 1 saturated heterocycles. The molecule has 0 unspecified atom stereocenters. The average Bonchev–Trinajstić information content (AvgIpc) is 2.57. The van der Waals surface area contributed by atoms with Gasteiger partial charge in [0.1, 0.15) is 0 Å². The number of hydrogen-bond acceptors (Lipinski definition) is 4. The molecule has 1 fully saturated rings. The molecule has 6 nitrogen and oxygen atoms in total. The van der Waals surface area contributed by atoms with Gasteiger partial charge in [-0.05, 0) is 34.1 Å². The quantitative estimate of drug-likeness (QED) is 0.763. The molecule has 8 heteroatoms. The van der Waals surface area contributed by atoms with Crippen LogP contribution >= 0.6 is 15.9 Å². The van der Waals surface area contributed by atoms with E-state index in [0.29, 0.717) is 16.7 Å². The minimum atomic E-state index is -3.59. The minimum Gasteiger partial charge on any atom is -0.398 e. The van der Waals surface area contributed by atoms with Crippen LogP contribution in [0.5, 0.6) is 0 Å². The van der Waals surface area contributed by atoms with Gasteiger partial charge in [-0.3, -0.25) is 4.79 Å². The molecule has 19 heavy (non-hydrogen) atoms. The fraction of sp³-hybridized carbons (Fsp3) is 0.364. The Kier molecular flexibility index (Phi) is 4.12. The van der Waals surface area contributed by atoms with Gasteiger partial charge in [-0.2, -0.15) is 4.31 Å². The van der Waals surface area contributed by atoms with Crippen molar-refractivity contribution in [2.24, 2.45) is 0 Å². The molecule has 1 aliphatic heterocycles. The summed E-state index contributed by atoms with van der Waals surface area (Å²) in [7, 11) is -3.59. The second kappa shape index (κ2) is 5.48. The summed E-state index contributed by atoms with van der Waals surface area (Å²) in [4.78, 5) is 11.4. The first-order valence-corrected chi connectivity index (χ1v) is 7.96. The zero-order chi connectivity index (χ0) is 14.0. The van der Waals surface area contributed by atoms with E-state index in [1.165, 1.54) is 22.5 Å². The summed E-state index contributed by atoms with van der Waals surface area (Å²) in [5.74, 6) is -0.129. The number of nitrogens with one attached hydrogen (secondary N) is 1. The first kappa shape index (κ1) is 14.3. The Hall–Kier alpha value is -1.12. The number of benzene rings is 1. The van der Waals surface area contributed by atoms with E-state index in [-0.39, 0.29) is 30.3 Å². The third kappa shape index (κ3) is 3.07. The van der Waals surface area contributed by atoms with Crippen LogP contribution in [0.15, 0.2) is 27.6 Å². The summed E-state index contributed by atoms with van der Waals surface area (Å²) in [6.45, 7) is 0.792. The molecule has 1 aromatic carbocycles. The lowest BCUT2D eigenvalue weighted by Crippen LogP contribution is -2.34. The molecule has 0 saturated carbocycles. The van der Waals surface area contributed by atoms with Crippen LogP contribution in [-0.4, -0.2) is 38.3 Å². The van der Waals surface area contributed by atoms with Crippen molar-refractivity contribution in [1.82, 2.24) is 9.62 Å². The van der Waals surface area contributed by atoms with Gasteiger partial charge in [0.15, 0.2) is 0 Å². The number of sulfonamides is 1. The summed E-state index contributed by atoms with van der Waals surface area (Å²) in [5, 5.41) is 2.64. The fourth-order valence-corrected chi connectivity index (χ4v) is 3.80. The lowest BCUT2D eigenvalue weighted by atomic mass is 10.3. The van der Waals surface area contributed by atoms with Crippen LogP contribution in [0.3, 0.4) is 0 Å². The van der Waals surface area contributed by atoms with Crippen molar-refractivity contribution in [1.29, 1.82) is 0 Å². The van der Waals surface area contributed by atoms with E-state index in [9.17, 15) is 13.2 Å². The molecular formula is C11H14BrN3O3S. The molecular weight excluding hydrogens is 334 g/mol. The molecule has 1 heterocycles. The van der Waals surface area contributed by atoms with Crippen LogP contribution in [-0.2, 0) is 14.8 Å². The Morgan fingerprint density at radius 2 is 2.05 bits per heavy atom. The van der Waals surface area contributed by atoms with Crippen molar-refractivity contribution < 1.29 is 13.2 Å². The Labute approximate surface area is 120 Å². The highest BCUT2D eigenvalue weighted by molar-refractivity contribution is 9.10. The highest BCUT2D eigenvalue weighted by atomic mass is 79.9. The predicted octanol–water partition coefficient (Wildman–Crippen LogP) is 0.542. The van der Waals surface area contributed by atoms with Gasteiger partial charge in [-0.25, -0.2) is 8.42 Å². The summed E-state index contributed by atoms with van der Waals surface area (Å²) >= 11 is 3.21. The van der Waals surface area contributed by atoms with E-state index in [0.717, 1.165) is 0 Å². The summed E-state index contributed by atoms with van der Waals surface area (Å²) in [6.07, 6.45) is 0.176. The van der Waals surface area contributed by atoms with Crippen LogP contribution in [0.4, 0.5) is 5.69 Å². The molecule has 1 amide bonds. The highest BCUT2D eigenvalue weighted by Gasteiger charge is 2.27. The minimum absolute atomic E-state index is 0.129. The normalized spacial score (nSPS) is 17.8. The number of nitrogens with zero attached hydrogens (tertiary/aromatic N) is 1. The van der Waals surface area contributed by atoms with Gasteiger partial charge >= 0.3 is 0 Å². The molecule has 1 aliphatic rings. The molecule has 0 atom stereocenters. The van der Waals surface area contributed by atoms with E-state index in [1.54, 1.807) is 0 Å². The SMILES string of the molecule is Nc1ccc(S(=O)(=O)N2CCNC(=O)CC2)cc1Br. The maximum absolute atomic E-state index is 12.4. The zero-order valence-electron chi connectivity index (χ0n) is 10.1. The molecule has 3 N–H and O–H groups in total. The Balaban J connectivity index is 2.30. The maximum atomic E-state index is 12.4. The van der Waals surface area contributed by atoms with Gasteiger partial charge in [0, 0.05) is 36.2 Å². The van der Waals surface area contributed by atoms with Crippen LogP contribution in [0, 0.1) is 0 Å². The van der Waals surface area contributed by atoms with E-state index in [2.05, 4.69) is 21.2 Å². The number of carbonyl (C=O) groups is 1. The third-order valence-corrected chi connectivity index (χ3v) is 5.46. The number of amides is 1. The molecule has 1 aromatic rings. The number of rotatable bonds is 2. The lowest BCUT2D eigenvalue weighted by molar-refractivity contribution is -0.120. The largest absolute Gasteiger partial charge is 0.398 e. The maximum Gasteiger partial charge on any atom is 0.243 e. The molecule has 0 spiro atoms. The van der Waals surface area contributed by atoms with E-state index in [1.807, 2.05) is 0 Å². The van der Waals surface area contributed by atoms with Gasteiger partial charge in [0.25, 0.3) is 0 Å². The van der Waals surface area contributed by atoms with Crippen molar-refractivity contribution in [2.45, 2.75) is 11.3 Å². The van der Waals surface area contributed by atoms with Crippen molar-refractivity contribution >= 4 is 37.5 Å². The van der Waals surface area contributed by atoms with Crippen LogP contribution in [0.1, 0.15) is 6.42 Å². The standard InChI is InChI=1S/C11H14BrN3O3S/c12-9-7-8(1-2-10(9)13)19(17,18)15-5-3-11(16)14-4-6-15/h1-2,7H,3-6,13H2,(H,14,16). The first-order valence-electron chi connectivity index (χ1n) is 5.73. The van der Waals surface area contributed by atoms with E-state index in [4.69, 9.17) is 5.73 Å². The van der Waals surface area contributed by atoms with Gasteiger partial charge in [-0.1, -0.05) is 0 Å². The number of halogens is 1. The Morgan fingerprint density at radius 1 is 1.32 bits per heavy atom. The molecule has 0 radical (unpaired) electrons. The number of hydrogen-bond donors (Lipinski definition) is 2. The number of carbonyl (C=O) groups excluding carboxylic acids is 1.